The lowest BCUT2D eigenvalue weighted by molar-refractivity contribution is 0.358. The second-order valence-electron chi connectivity index (χ2n) is 5.30. The first kappa shape index (κ1) is 13.3. The fourth-order valence-electron chi connectivity index (χ4n) is 1.68. The highest BCUT2D eigenvalue weighted by Crippen LogP contribution is 2.27. The van der Waals surface area contributed by atoms with Crippen LogP contribution in [-0.4, -0.2) is 29.5 Å². The summed E-state index contributed by atoms with van der Waals surface area (Å²) in [6, 6.07) is 0.943. The summed E-state index contributed by atoms with van der Waals surface area (Å²) < 4.78 is 0. The van der Waals surface area contributed by atoms with Gasteiger partial charge in [0.25, 0.3) is 0 Å². The molecule has 4 heteroatoms. The minimum atomic E-state index is 0.284. The van der Waals surface area contributed by atoms with Gasteiger partial charge in [0.1, 0.15) is 0 Å². The van der Waals surface area contributed by atoms with Crippen molar-refractivity contribution in [1.29, 1.82) is 0 Å². The van der Waals surface area contributed by atoms with Crippen LogP contribution in [0.25, 0.3) is 0 Å². The Labute approximate surface area is 99.3 Å². The van der Waals surface area contributed by atoms with Crippen LogP contribution >= 0.6 is 0 Å². The van der Waals surface area contributed by atoms with E-state index < -0.39 is 0 Å². The van der Waals surface area contributed by atoms with Crippen molar-refractivity contribution in [2.24, 2.45) is 16.8 Å². The predicted octanol–water partition coefficient (Wildman–Crippen LogP) is 1.72. The minimum Gasteiger partial charge on any atom is -0.339 e. The van der Waals surface area contributed by atoms with E-state index in [9.17, 15) is 0 Å². The van der Waals surface area contributed by atoms with Crippen LogP contribution in [0.2, 0.25) is 0 Å². The fraction of sp³-hybridized carbons (Fsp3) is 0.917. The summed E-state index contributed by atoms with van der Waals surface area (Å²) in [6.45, 7) is 9.70. The highest BCUT2D eigenvalue weighted by atomic mass is 15.4. The normalized spacial score (nSPS) is 17.1. The maximum atomic E-state index is 5.57. The molecule has 0 aromatic heterocycles. The van der Waals surface area contributed by atoms with Gasteiger partial charge in [0.05, 0.1) is 0 Å². The Bertz CT molecular complexity index is 231. The molecule has 1 aliphatic rings. The average molecular weight is 226 g/mol. The molecule has 0 saturated heterocycles. The van der Waals surface area contributed by atoms with Crippen LogP contribution in [0.1, 0.15) is 47.0 Å². The number of nitrogens with zero attached hydrogens (tertiary/aromatic N) is 2. The fourth-order valence-corrected chi connectivity index (χ4v) is 1.68. The summed E-state index contributed by atoms with van der Waals surface area (Å²) in [5.41, 5.74) is 2.75. The van der Waals surface area contributed by atoms with Gasteiger partial charge in [-0.3, -0.25) is 5.43 Å². The molecule has 94 valence electrons. The highest BCUT2D eigenvalue weighted by molar-refractivity contribution is 5.80. The van der Waals surface area contributed by atoms with E-state index in [2.05, 4.69) is 43.0 Å². The van der Waals surface area contributed by atoms with Crippen molar-refractivity contribution in [2.75, 3.05) is 6.54 Å². The van der Waals surface area contributed by atoms with Gasteiger partial charge in [-0.05, 0) is 39.0 Å². The molecule has 0 amide bonds. The summed E-state index contributed by atoms with van der Waals surface area (Å²) in [5, 5.41) is 0. The molecule has 0 radical (unpaired) electrons. The maximum absolute atomic E-state index is 5.57. The molecule has 0 aromatic carbocycles. The molecule has 0 heterocycles. The molecule has 16 heavy (non-hydrogen) atoms. The zero-order valence-corrected chi connectivity index (χ0v) is 11.0. The lowest BCUT2D eigenvalue weighted by Gasteiger charge is -2.26. The predicted molar refractivity (Wildman–Crippen MR) is 69.1 cm³/mol. The van der Waals surface area contributed by atoms with Gasteiger partial charge in [-0.2, -0.15) is 0 Å². The van der Waals surface area contributed by atoms with Gasteiger partial charge in [0.2, 0.25) is 5.96 Å². The average Bonchev–Trinajstić information content (AvgIpc) is 2.99. The molecule has 1 saturated carbocycles. The van der Waals surface area contributed by atoms with E-state index in [-0.39, 0.29) is 6.04 Å². The molecule has 3 N–H and O–H groups in total. The van der Waals surface area contributed by atoms with Gasteiger partial charge in [-0.1, -0.05) is 13.8 Å². The molecule has 0 unspecified atom stereocenters. The molecule has 4 nitrogen and oxygen atoms in total. The Morgan fingerprint density at radius 3 is 2.38 bits per heavy atom. The number of hydrogen-bond donors (Lipinski definition) is 2. The van der Waals surface area contributed by atoms with E-state index >= 15 is 0 Å². The van der Waals surface area contributed by atoms with E-state index in [0.717, 1.165) is 18.4 Å². The number of rotatable bonds is 5. The summed E-state index contributed by atoms with van der Waals surface area (Å²) in [6.07, 6.45) is 3.74. The first-order chi connectivity index (χ1) is 7.54. The van der Waals surface area contributed by atoms with Crippen molar-refractivity contribution in [3.05, 3.63) is 0 Å². The quantitative estimate of drug-likeness (QED) is 0.325. The monoisotopic (exact) mass is 226 g/mol. The first-order valence-electron chi connectivity index (χ1n) is 6.35. The number of aliphatic imine (C=N–C) groups is 1. The Morgan fingerprint density at radius 1 is 1.38 bits per heavy atom. The highest BCUT2D eigenvalue weighted by Gasteiger charge is 2.31. The zero-order chi connectivity index (χ0) is 12.1. The lowest BCUT2D eigenvalue weighted by atomic mass is 10.1. The molecule has 1 aliphatic carbocycles. The number of nitrogens with one attached hydrogen (secondary N) is 1. The molecular weight excluding hydrogens is 200 g/mol. The smallest absolute Gasteiger partial charge is 0.208 e. The van der Waals surface area contributed by atoms with Gasteiger partial charge < -0.3 is 4.90 Å². The second-order valence-corrected chi connectivity index (χ2v) is 5.30. The first-order valence-corrected chi connectivity index (χ1v) is 6.35. The Kier molecular flexibility index (Phi) is 5.06. The third-order valence-electron chi connectivity index (χ3n) is 2.72. The molecule has 0 spiro atoms. The van der Waals surface area contributed by atoms with Gasteiger partial charge in [-0.15, -0.1) is 0 Å². The summed E-state index contributed by atoms with van der Waals surface area (Å²) in [4.78, 5) is 6.87. The van der Waals surface area contributed by atoms with Crippen LogP contribution in [0, 0.1) is 5.92 Å². The van der Waals surface area contributed by atoms with Gasteiger partial charge in [0.15, 0.2) is 0 Å². The van der Waals surface area contributed by atoms with E-state index in [1.54, 1.807) is 0 Å². The van der Waals surface area contributed by atoms with Crippen LogP contribution in [-0.2, 0) is 0 Å². The third kappa shape index (κ3) is 4.39. The largest absolute Gasteiger partial charge is 0.339 e. The van der Waals surface area contributed by atoms with Gasteiger partial charge >= 0.3 is 0 Å². The van der Waals surface area contributed by atoms with Crippen molar-refractivity contribution in [1.82, 2.24) is 10.3 Å². The second kappa shape index (κ2) is 6.09. The lowest BCUT2D eigenvalue weighted by Crippen LogP contribution is -2.47. The van der Waals surface area contributed by atoms with Crippen molar-refractivity contribution >= 4 is 5.96 Å². The molecule has 0 atom stereocenters. The zero-order valence-electron chi connectivity index (χ0n) is 11.0. The Morgan fingerprint density at radius 2 is 2.00 bits per heavy atom. The van der Waals surface area contributed by atoms with Gasteiger partial charge in [-0.25, -0.2) is 10.8 Å². The van der Waals surface area contributed by atoms with Crippen molar-refractivity contribution in [3.63, 3.8) is 0 Å². The van der Waals surface area contributed by atoms with Gasteiger partial charge in [0, 0.05) is 18.6 Å². The molecular formula is C12H26N4. The van der Waals surface area contributed by atoms with Crippen LogP contribution < -0.4 is 11.3 Å². The van der Waals surface area contributed by atoms with Crippen LogP contribution in [0.15, 0.2) is 4.99 Å². The molecule has 0 bridgehead atoms. The molecule has 0 aliphatic heterocycles. The Balaban J connectivity index is 2.59. The third-order valence-corrected chi connectivity index (χ3v) is 2.72. The molecule has 1 rings (SSSR count). The van der Waals surface area contributed by atoms with Crippen molar-refractivity contribution in [3.8, 4) is 0 Å². The number of guanidine groups is 1. The van der Waals surface area contributed by atoms with E-state index in [0.29, 0.717) is 6.04 Å². The van der Waals surface area contributed by atoms with Crippen molar-refractivity contribution < 1.29 is 0 Å². The SMILES string of the molecule is CC(C)CCN(C(=NC(C)C)NN)C1CC1. The molecule has 0 aromatic rings. The van der Waals surface area contributed by atoms with E-state index in [1.165, 1.54) is 19.3 Å². The van der Waals surface area contributed by atoms with Crippen molar-refractivity contribution in [2.45, 2.75) is 59.0 Å². The summed E-state index contributed by atoms with van der Waals surface area (Å²) >= 11 is 0. The minimum absolute atomic E-state index is 0.284. The summed E-state index contributed by atoms with van der Waals surface area (Å²) in [5.74, 6) is 7.15. The Hall–Kier alpha value is -0.770. The maximum Gasteiger partial charge on any atom is 0.208 e. The standard InChI is InChI=1S/C12H26N4/c1-9(2)7-8-16(11-5-6-11)12(15-13)14-10(3)4/h9-11H,5-8,13H2,1-4H3,(H,14,15). The topological polar surface area (TPSA) is 53.6 Å². The number of hydrazine groups is 1. The summed E-state index contributed by atoms with van der Waals surface area (Å²) in [7, 11) is 0. The molecule has 1 fully saturated rings. The number of hydrogen-bond acceptors (Lipinski definition) is 2. The van der Waals surface area contributed by atoms with Crippen LogP contribution in [0.3, 0.4) is 0 Å². The van der Waals surface area contributed by atoms with E-state index in [4.69, 9.17) is 5.84 Å². The van der Waals surface area contributed by atoms with E-state index in [1.807, 2.05) is 0 Å². The van der Waals surface area contributed by atoms with Crippen LogP contribution in [0.4, 0.5) is 0 Å². The number of nitrogens with two attached hydrogens (primary N) is 1. The van der Waals surface area contributed by atoms with Crippen LogP contribution in [0.5, 0.6) is 0 Å².